The molecule has 2 aliphatic heterocycles. The fourth-order valence-electron chi connectivity index (χ4n) is 4.49. The number of rotatable bonds is 8. The highest BCUT2D eigenvalue weighted by Crippen LogP contribution is 2.38. The Hall–Kier alpha value is -2.94. The molecule has 2 heterocycles. The van der Waals surface area contributed by atoms with Gasteiger partial charge in [-0.2, -0.15) is 26.3 Å². The molecule has 0 aliphatic carbocycles. The third kappa shape index (κ3) is 8.55. The van der Waals surface area contributed by atoms with Gasteiger partial charge in [-0.25, -0.2) is 8.78 Å². The predicted molar refractivity (Wildman–Crippen MR) is 143 cm³/mol. The minimum Gasteiger partial charge on any atom is -0.347 e. The molecular formula is C27H30F8N4O2S. The van der Waals surface area contributed by atoms with Crippen molar-refractivity contribution in [2.24, 2.45) is 10.9 Å². The Morgan fingerprint density at radius 3 is 2.29 bits per heavy atom. The first-order valence-corrected chi connectivity index (χ1v) is 13.6. The number of allylic oxidation sites excluding steroid dienone is 2. The van der Waals surface area contributed by atoms with Gasteiger partial charge in [0.15, 0.2) is 0 Å². The van der Waals surface area contributed by atoms with Gasteiger partial charge < -0.3 is 10.2 Å². The number of alkyl halides is 8. The number of nitrogens with zero attached hydrogens (tertiary/aromatic N) is 3. The number of amidine groups is 1. The second-order valence-corrected chi connectivity index (χ2v) is 11.5. The monoisotopic (exact) mass is 626 g/mol. The summed E-state index contributed by atoms with van der Waals surface area (Å²) in [4.78, 5) is 32.1. The number of benzene rings is 1. The summed E-state index contributed by atoms with van der Waals surface area (Å²) in [5.41, 5.74) is -3.43. The number of amides is 2. The molecule has 1 N–H and O–H groups in total. The number of thioether (sulfide) groups is 1. The van der Waals surface area contributed by atoms with Gasteiger partial charge in [0.2, 0.25) is 5.91 Å². The Balaban J connectivity index is 1.76. The average molecular weight is 627 g/mol. The molecule has 1 aromatic carbocycles. The third-order valence-corrected chi connectivity index (χ3v) is 7.73. The summed E-state index contributed by atoms with van der Waals surface area (Å²) < 4.78 is 108. The lowest BCUT2D eigenvalue weighted by atomic mass is 9.95. The molecule has 42 heavy (non-hydrogen) atoms. The molecule has 2 saturated heterocycles. The topological polar surface area (TPSA) is 65.0 Å². The summed E-state index contributed by atoms with van der Waals surface area (Å²) in [6.45, 7) is 4.83. The number of hydrogen-bond acceptors (Lipinski definition) is 5. The molecule has 3 rings (SSSR count). The van der Waals surface area contributed by atoms with Gasteiger partial charge in [-0.05, 0) is 73.8 Å². The fourth-order valence-corrected chi connectivity index (χ4v) is 5.30. The maximum Gasteiger partial charge on any atom is 0.416 e. The largest absolute Gasteiger partial charge is 0.416 e. The first kappa shape index (κ1) is 33.6. The average Bonchev–Trinajstić information content (AvgIpc) is 3.21. The zero-order chi connectivity index (χ0) is 31.6. The van der Waals surface area contributed by atoms with Gasteiger partial charge in [0, 0.05) is 27.1 Å². The zero-order valence-electron chi connectivity index (χ0n) is 23.0. The minimum atomic E-state index is -4.96. The van der Waals surface area contributed by atoms with Gasteiger partial charge in [-0.3, -0.25) is 19.5 Å². The molecule has 0 spiro atoms. The predicted octanol–water partition coefficient (Wildman–Crippen LogP) is 6.73. The number of piperidine rings is 1. The molecule has 0 saturated carbocycles. The van der Waals surface area contributed by atoms with E-state index < -0.39 is 58.6 Å². The number of likely N-dealkylation sites (N-methyl/N-ethyl adjacent to an activating group) is 1. The zero-order valence-corrected chi connectivity index (χ0v) is 23.8. The van der Waals surface area contributed by atoms with E-state index >= 15 is 0 Å². The van der Waals surface area contributed by atoms with Crippen LogP contribution in [0.1, 0.15) is 42.9 Å². The molecule has 0 aromatic heterocycles. The van der Waals surface area contributed by atoms with E-state index in [0.29, 0.717) is 36.9 Å². The van der Waals surface area contributed by atoms with Crippen molar-refractivity contribution in [2.75, 3.05) is 27.2 Å². The Morgan fingerprint density at radius 2 is 1.76 bits per heavy atom. The number of aliphatic imine (C=N–C) groups is 1. The minimum absolute atomic E-state index is 0.0234. The number of nitrogens with one attached hydrogen (secondary N) is 1. The van der Waals surface area contributed by atoms with Crippen LogP contribution in [0.15, 0.2) is 46.3 Å². The number of carbonyl (C=O) groups excluding carboxylic acids is 2. The molecular weight excluding hydrogens is 596 g/mol. The molecule has 1 aromatic rings. The Morgan fingerprint density at radius 1 is 1.14 bits per heavy atom. The number of carbonyl (C=O) groups is 2. The highest BCUT2D eigenvalue weighted by molar-refractivity contribution is 8.18. The SMILES string of the molecule is C=C(C)C(F)(F)CC(N=C1NC(=O)S/C1=C\C1CCN(Cc2ccc(C(F)(F)F)cc2C(F)(F)F)CC1)C(=O)N(C)C. The second kappa shape index (κ2) is 12.7. The van der Waals surface area contributed by atoms with E-state index in [4.69, 9.17) is 0 Å². The summed E-state index contributed by atoms with van der Waals surface area (Å²) in [5, 5.41) is 1.97. The Kier molecular flexibility index (Phi) is 10.2. The fraction of sp³-hybridized carbons (Fsp3) is 0.519. The van der Waals surface area contributed by atoms with Gasteiger partial charge in [-0.15, -0.1) is 0 Å². The lowest BCUT2D eigenvalue weighted by molar-refractivity contribution is -0.143. The van der Waals surface area contributed by atoms with E-state index in [1.165, 1.54) is 14.1 Å². The van der Waals surface area contributed by atoms with E-state index in [0.717, 1.165) is 29.7 Å². The number of hydrogen-bond donors (Lipinski definition) is 1. The van der Waals surface area contributed by atoms with Gasteiger partial charge in [0.05, 0.1) is 16.0 Å². The summed E-state index contributed by atoms with van der Waals surface area (Å²) in [7, 11) is 2.78. The van der Waals surface area contributed by atoms with E-state index in [2.05, 4.69) is 16.9 Å². The van der Waals surface area contributed by atoms with Crippen LogP contribution in [0.4, 0.5) is 39.9 Å². The van der Waals surface area contributed by atoms with Crippen molar-refractivity contribution in [1.82, 2.24) is 15.1 Å². The third-order valence-electron chi connectivity index (χ3n) is 6.90. The van der Waals surface area contributed by atoms with Crippen molar-refractivity contribution < 1.29 is 44.7 Å². The lowest BCUT2D eigenvalue weighted by Gasteiger charge is -2.31. The van der Waals surface area contributed by atoms with Crippen LogP contribution in [0.25, 0.3) is 0 Å². The van der Waals surface area contributed by atoms with Gasteiger partial charge >= 0.3 is 12.4 Å². The van der Waals surface area contributed by atoms with E-state index in [1.54, 1.807) is 11.0 Å². The second-order valence-electron chi connectivity index (χ2n) is 10.4. The summed E-state index contributed by atoms with van der Waals surface area (Å²) in [6.07, 6.45) is -8.21. The van der Waals surface area contributed by atoms with Crippen LogP contribution in [-0.2, 0) is 23.7 Å². The molecule has 15 heteroatoms. The van der Waals surface area contributed by atoms with Crippen molar-refractivity contribution in [3.05, 3.63) is 58.0 Å². The van der Waals surface area contributed by atoms with Crippen molar-refractivity contribution in [1.29, 1.82) is 0 Å². The van der Waals surface area contributed by atoms with Gasteiger partial charge in [-0.1, -0.05) is 18.7 Å². The Bertz CT molecular complexity index is 1270. The highest BCUT2D eigenvalue weighted by Gasteiger charge is 2.40. The maximum atomic E-state index is 14.4. The van der Waals surface area contributed by atoms with Crippen LogP contribution >= 0.6 is 11.8 Å². The summed E-state index contributed by atoms with van der Waals surface area (Å²) in [6, 6.07) is 0.0924. The molecule has 0 bridgehead atoms. The molecule has 2 fully saturated rings. The van der Waals surface area contributed by atoms with Gasteiger partial charge in [0.25, 0.3) is 11.2 Å². The standard InChI is InChI=1S/C27H30F8N4O2S/c1-15(2)25(28,29)13-20(23(40)38(3)4)36-22-21(42-24(41)37-22)11-16-7-9-39(10-8-16)14-17-5-6-18(26(30,31)32)12-19(17)27(33,34)35/h5-6,11-12,16,20H,1,7-10,13-14H2,2-4H3,(H,36,37,41)/b21-11-. The van der Waals surface area contributed by atoms with Gasteiger partial charge in [0.1, 0.15) is 11.9 Å². The van der Waals surface area contributed by atoms with Crippen LogP contribution in [-0.4, -0.2) is 65.9 Å². The van der Waals surface area contributed by atoms with Crippen molar-refractivity contribution >= 4 is 28.7 Å². The summed E-state index contributed by atoms with van der Waals surface area (Å²) in [5.74, 6) is -4.25. The van der Waals surface area contributed by atoms with Crippen molar-refractivity contribution in [3.63, 3.8) is 0 Å². The quantitative estimate of drug-likeness (QED) is 0.257. The molecule has 232 valence electrons. The van der Waals surface area contributed by atoms with Crippen LogP contribution in [0.2, 0.25) is 0 Å². The van der Waals surface area contributed by atoms with E-state index in [9.17, 15) is 44.7 Å². The van der Waals surface area contributed by atoms with Crippen molar-refractivity contribution in [2.45, 2.75) is 57.0 Å². The number of halogens is 8. The normalized spacial score (nSPS) is 20.2. The summed E-state index contributed by atoms with van der Waals surface area (Å²) >= 11 is 0.785. The highest BCUT2D eigenvalue weighted by atomic mass is 32.2. The number of likely N-dealkylation sites (tertiary alicyclic amines) is 1. The van der Waals surface area contributed by atoms with Crippen molar-refractivity contribution in [3.8, 4) is 0 Å². The van der Waals surface area contributed by atoms with E-state index in [-0.39, 0.29) is 29.9 Å². The smallest absolute Gasteiger partial charge is 0.347 e. The molecule has 1 atom stereocenters. The molecule has 6 nitrogen and oxygen atoms in total. The Labute approximate surface area is 241 Å². The van der Waals surface area contributed by atoms with Crippen LogP contribution < -0.4 is 5.32 Å². The molecule has 2 aliphatic rings. The van der Waals surface area contributed by atoms with E-state index in [1.807, 2.05) is 0 Å². The van der Waals surface area contributed by atoms with Crippen LogP contribution in [0.3, 0.4) is 0 Å². The maximum absolute atomic E-state index is 14.4. The van der Waals surface area contributed by atoms with Crippen LogP contribution in [0.5, 0.6) is 0 Å². The molecule has 1 unspecified atom stereocenters. The first-order chi connectivity index (χ1) is 19.3. The molecule has 0 radical (unpaired) electrons. The lowest BCUT2D eigenvalue weighted by Crippen LogP contribution is -2.38. The first-order valence-electron chi connectivity index (χ1n) is 12.8. The molecule has 2 amide bonds. The van der Waals surface area contributed by atoms with Crippen LogP contribution in [0, 0.1) is 5.92 Å².